The molecule has 2 aromatic carbocycles. The largest absolute Gasteiger partial charge is 0.325 e. The number of thioether (sulfide) groups is 1. The molecule has 3 aromatic rings. The van der Waals surface area contributed by atoms with Crippen LogP contribution in [0.1, 0.15) is 0 Å². The second kappa shape index (κ2) is 7.68. The zero-order valence-electron chi connectivity index (χ0n) is 13.4. The van der Waals surface area contributed by atoms with E-state index in [1.54, 1.807) is 17.1 Å². The zero-order valence-corrected chi connectivity index (χ0v) is 15.1. The summed E-state index contributed by atoms with van der Waals surface area (Å²) in [5.74, 6) is -0.226. The highest BCUT2D eigenvalue weighted by molar-refractivity contribution is 7.99. The minimum atomic E-state index is -3.82. The third-order valence-electron chi connectivity index (χ3n) is 3.27. The van der Waals surface area contributed by atoms with Crippen molar-refractivity contribution in [3.63, 3.8) is 0 Å². The van der Waals surface area contributed by atoms with Crippen molar-refractivity contribution in [2.75, 3.05) is 11.1 Å². The van der Waals surface area contributed by atoms with Crippen LogP contribution >= 0.6 is 11.8 Å². The van der Waals surface area contributed by atoms with Crippen LogP contribution in [0, 0.1) is 0 Å². The van der Waals surface area contributed by atoms with E-state index in [0.717, 1.165) is 5.69 Å². The first-order valence-corrected chi connectivity index (χ1v) is 9.97. The van der Waals surface area contributed by atoms with Gasteiger partial charge in [-0.25, -0.2) is 23.2 Å². The minimum absolute atomic E-state index is 0.0637. The normalized spacial score (nSPS) is 11.3. The number of sulfonamides is 1. The van der Waals surface area contributed by atoms with Gasteiger partial charge in [0.05, 0.1) is 16.3 Å². The van der Waals surface area contributed by atoms with Crippen molar-refractivity contribution in [3.05, 3.63) is 60.9 Å². The SMILES string of the molecule is NS(=O)(=O)c1cccc(NC(=O)CSc2ncn(-c3ccccc3)n2)c1. The van der Waals surface area contributed by atoms with E-state index >= 15 is 0 Å². The van der Waals surface area contributed by atoms with Gasteiger partial charge in [-0.15, -0.1) is 5.10 Å². The van der Waals surface area contributed by atoms with Crippen LogP contribution in [0.15, 0.2) is 71.0 Å². The number of nitrogens with zero attached hydrogens (tertiary/aromatic N) is 3. The molecule has 0 radical (unpaired) electrons. The molecule has 1 amide bonds. The number of aromatic nitrogens is 3. The summed E-state index contributed by atoms with van der Waals surface area (Å²) in [5, 5.41) is 12.5. The van der Waals surface area contributed by atoms with Crippen LogP contribution in [0.3, 0.4) is 0 Å². The highest BCUT2D eigenvalue weighted by Crippen LogP contribution is 2.17. The number of carbonyl (C=O) groups excluding carboxylic acids is 1. The molecule has 3 rings (SSSR count). The number of hydrogen-bond acceptors (Lipinski definition) is 6. The van der Waals surface area contributed by atoms with Crippen LogP contribution in [-0.2, 0) is 14.8 Å². The van der Waals surface area contributed by atoms with E-state index in [1.807, 2.05) is 30.3 Å². The summed E-state index contributed by atoms with van der Waals surface area (Å²) in [6.45, 7) is 0. The Kier molecular flexibility index (Phi) is 5.35. The molecule has 10 heteroatoms. The molecule has 3 N–H and O–H groups in total. The van der Waals surface area contributed by atoms with Gasteiger partial charge in [0.25, 0.3) is 0 Å². The number of anilines is 1. The predicted octanol–water partition coefficient (Wildman–Crippen LogP) is 1.65. The Morgan fingerprint density at radius 2 is 1.92 bits per heavy atom. The summed E-state index contributed by atoms with van der Waals surface area (Å²) in [7, 11) is -3.82. The Morgan fingerprint density at radius 1 is 1.15 bits per heavy atom. The maximum atomic E-state index is 12.0. The van der Waals surface area contributed by atoms with Crippen molar-refractivity contribution in [3.8, 4) is 5.69 Å². The van der Waals surface area contributed by atoms with E-state index in [0.29, 0.717) is 10.8 Å². The molecule has 134 valence electrons. The smallest absolute Gasteiger partial charge is 0.238 e. The maximum Gasteiger partial charge on any atom is 0.238 e. The summed E-state index contributed by atoms with van der Waals surface area (Å²) in [6, 6.07) is 15.2. The summed E-state index contributed by atoms with van der Waals surface area (Å²) < 4.78 is 24.3. The molecule has 0 spiro atoms. The van der Waals surface area contributed by atoms with Crippen LogP contribution in [-0.4, -0.2) is 34.8 Å². The first-order valence-electron chi connectivity index (χ1n) is 7.44. The molecule has 0 aliphatic heterocycles. The van der Waals surface area contributed by atoms with Crippen LogP contribution < -0.4 is 10.5 Å². The lowest BCUT2D eigenvalue weighted by Crippen LogP contribution is -2.16. The lowest BCUT2D eigenvalue weighted by molar-refractivity contribution is -0.113. The van der Waals surface area contributed by atoms with Gasteiger partial charge in [-0.05, 0) is 30.3 Å². The van der Waals surface area contributed by atoms with E-state index in [4.69, 9.17) is 5.14 Å². The molecule has 8 nitrogen and oxygen atoms in total. The van der Waals surface area contributed by atoms with Crippen LogP contribution in [0.25, 0.3) is 5.69 Å². The third kappa shape index (κ3) is 4.69. The highest BCUT2D eigenvalue weighted by Gasteiger charge is 2.11. The molecule has 0 saturated heterocycles. The van der Waals surface area contributed by atoms with Gasteiger partial charge in [-0.3, -0.25) is 4.79 Å². The average molecular weight is 389 g/mol. The Morgan fingerprint density at radius 3 is 2.65 bits per heavy atom. The van der Waals surface area contributed by atoms with Gasteiger partial charge in [-0.2, -0.15) is 0 Å². The fraction of sp³-hybridized carbons (Fsp3) is 0.0625. The van der Waals surface area contributed by atoms with Crippen LogP contribution in [0.4, 0.5) is 5.69 Å². The Balaban J connectivity index is 1.59. The Hall–Kier alpha value is -2.69. The first kappa shape index (κ1) is 18.1. The van der Waals surface area contributed by atoms with Crippen molar-refractivity contribution in [2.24, 2.45) is 5.14 Å². The zero-order chi connectivity index (χ0) is 18.6. The summed E-state index contributed by atoms with van der Waals surface area (Å²) in [4.78, 5) is 16.1. The molecule has 0 aliphatic carbocycles. The van der Waals surface area contributed by atoms with Gasteiger partial charge < -0.3 is 5.32 Å². The molecular weight excluding hydrogens is 374 g/mol. The average Bonchev–Trinajstić information content (AvgIpc) is 3.09. The second-order valence-electron chi connectivity index (χ2n) is 5.22. The minimum Gasteiger partial charge on any atom is -0.325 e. The topological polar surface area (TPSA) is 120 Å². The third-order valence-corrected chi connectivity index (χ3v) is 5.03. The number of hydrogen-bond donors (Lipinski definition) is 2. The van der Waals surface area contributed by atoms with Gasteiger partial charge in [0.15, 0.2) is 0 Å². The monoisotopic (exact) mass is 389 g/mol. The van der Waals surface area contributed by atoms with Gasteiger partial charge in [0.1, 0.15) is 6.33 Å². The van der Waals surface area contributed by atoms with E-state index in [1.165, 1.54) is 30.0 Å². The van der Waals surface area contributed by atoms with Gasteiger partial charge in [0, 0.05) is 5.69 Å². The van der Waals surface area contributed by atoms with Crippen molar-refractivity contribution < 1.29 is 13.2 Å². The first-order chi connectivity index (χ1) is 12.4. The number of nitrogens with one attached hydrogen (secondary N) is 1. The fourth-order valence-electron chi connectivity index (χ4n) is 2.10. The number of rotatable bonds is 6. The number of nitrogens with two attached hydrogens (primary N) is 1. The lowest BCUT2D eigenvalue weighted by atomic mass is 10.3. The van der Waals surface area contributed by atoms with Crippen molar-refractivity contribution in [1.82, 2.24) is 14.8 Å². The van der Waals surface area contributed by atoms with Gasteiger partial charge in [0.2, 0.25) is 21.1 Å². The van der Waals surface area contributed by atoms with Crippen LogP contribution in [0.2, 0.25) is 0 Å². The number of carbonyl (C=O) groups is 1. The van der Waals surface area contributed by atoms with E-state index < -0.39 is 10.0 Å². The number of benzene rings is 2. The Bertz CT molecular complexity index is 1020. The van der Waals surface area contributed by atoms with E-state index in [-0.39, 0.29) is 16.6 Å². The Labute approximate surface area is 154 Å². The quantitative estimate of drug-likeness (QED) is 0.619. The van der Waals surface area contributed by atoms with E-state index in [2.05, 4.69) is 15.4 Å². The molecule has 1 aromatic heterocycles. The molecule has 26 heavy (non-hydrogen) atoms. The standard InChI is InChI=1S/C16H15N5O3S2/c17-26(23,24)14-8-4-5-12(9-14)19-15(22)10-25-16-18-11-21(20-16)13-6-2-1-3-7-13/h1-9,11H,10H2,(H,19,22)(H2,17,23,24). The van der Waals surface area contributed by atoms with Gasteiger partial charge in [-0.1, -0.05) is 36.0 Å². The number of para-hydroxylation sites is 1. The highest BCUT2D eigenvalue weighted by atomic mass is 32.2. The van der Waals surface area contributed by atoms with Crippen LogP contribution in [0.5, 0.6) is 0 Å². The molecule has 0 atom stereocenters. The van der Waals surface area contributed by atoms with Crippen molar-refractivity contribution in [2.45, 2.75) is 10.1 Å². The molecule has 0 saturated carbocycles. The predicted molar refractivity (Wildman–Crippen MR) is 98.5 cm³/mol. The van der Waals surface area contributed by atoms with Gasteiger partial charge >= 0.3 is 0 Å². The fourth-order valence-corrected chi connectivity index (χ4v) is 3.26. The lowest BCUT2D eigenvalue weighted by Gasteiger charge is -2.05. The molecule has 0 fully saturated rings. The molecule has 0 aliphatic rings. The maximum absolute atomic E-state index is 12.0. The number of amides is 1. The number of primary sulfonamides is 1. The molecular formula is C16H15N5O3S2. The second-order valence-corrected chi connectivity index (χ2v) is 7.72. The summed E-state index contributed by atoms with van der Waals surface area (Å²) in [5.41, 5.74) is 1.22. The summed E-state index contributed by atoms with van der Waals surface area (Å²) >= 11 is 1.17. The van der Waals surface area contributed by atoms with Crippen molar-refractivity contribution >= 4 is 33.4 Å². The van der Waals surface area contributed by atoms with Crippen molar-refractivity contribution in [1.29, 1.82) is 0 Å². The molecule has 1 heterocycles. The molecule has 0 unspecified atom stereocenters. The summed E-state index contributed by atoms with van der Waals surface area (Å²) in [6.07, 6.45) is 1.57. The van der Waals surface area contributed by atoms with E-state index in [9.17, 15) is 13.2 Å². The molecule has 0 bridgehead atoms.